The van der Waals surface area contributed by atoms with Crippen LogP contribution in [0, 0.1) is 0 Å². The first kappa shape index (κ1) is 15.8. The molecule has 0 atom stereocenters. The molecule has 1 aromatic heterocycles. The fraction of sp³-hybridized carbons (Fsp3) is 0.105. The lowest BCUT2D eigenvalue weighted by Crippen LogP contribution is -2.33. The molecule has 0 aliphatic carbocycles. The van der Waals surface area contributed by atoms with E-state index in [9.17, 15) is 4.79 Å². The van der Waals surface area contributed by atoms with Crippen molar-refractivity contribution < 1.29 is 4.79 Å². The Labute approximate surface area is 140 Å². The minimum atomic E-state index is -0.322. The van der Waals surface area contributed by atoms with Crippen LogP contribution in [0.3, 0.4) is 0 Å². The third kappa shape index (κ3) is 3.31. The Kier molecular flexibility index (Phi) is 4.63. The molecule has 120 valence electrons. The highest BCUT2D eigenvalue weighted by molar-refractivity contribution is 5.92. The van der Waals surface area contributed by atoms with E-state index in [-0.39, 0.29) is 11.8 Å². The summed E-state index contributed by atoms with van der Waals surface area (Å²) in [5.74, 6) is 5.71. The number of carbonyl (C=O) groups is 1. The maximum atomic E-state index is 11.9. The fourth-order valence-electron chi connectivity index (χ4n) is 2.58. The van der Waals surface area contributed by atoms with Crippen molar-refractivity contribution in [2.45, 2.75) is 5.92 Å². The maximum absolute atomic E-state index is 11.9. The molecule has 0 saturated carbocycles. The first-order chi connectivity index (χ1) is 11.7. The molecule has 3 aromatic rings. The lowest BCUT2D eigenvalue weighted by atomic mass is 9.90. The summed E-state index contributed by atoms with van der Waals surface area (Å²) in [6.07, 6.45) is 3.04. The van der Waals surface area contributed by atoms with Gasteiger partial charge in [-0.1, -0.05) is 60.7 Å². The number of carbonyl (C=O) groups excluding carboxylic acids is 1. The van der Waals surface area contributed by atoms with Gasteiger partial charge < -0.3 is 0 Å². The zero-order chi connectivity index (χ0) is 16.9. The van der Waals surface area contributed by atoms with Crippen LogP contribution in [-0.4, -0.2) is 27.9 Å². The summed E-state index contributed by atoms with van der Waals surface area (Å²) in [7, 11) is 1.49. The molecule has 24 heavy (non-hydrogen) atoms. The summed E-state index contributed by atoms with van der Waals surface area (Å²) in [5, 5.41) is 1.02. The molecule has 0 unspecified atom stereocenters. The van der Waals surface area contributed by atoms with Crippen LogP contribution in [0.4, 0.5) is 0 Å². The molecule has 0 aliphatic heterocycles. The van der Waals surface area contributed by atoms with Crippen molar-refractivity contribution in [3.05, 3.63) is 95.6 Å². The van der Waals surface area contributed by atoms with Crippen LogP contribution in [0.15, 0.2) is 73.1 Å². The summed E-state index contributed by atoms with van der Waals surface area (Å²) in [6.45, 7) is 0. The third-order valence-corrected chi connectivity index (χ3v) is 3.76. The van der Waals surface area contributed by atoms with Crippen LogP contribution in [0.2, 0.25) is 0 Å². The van der Waals surface area contributed by atoms with Gasteiger partial charge in [0.15, 0.2) is 0 Å². The van der Waals surface area contributed by atoms with Crippen LogP contribution < -0.4 is 5.84 Å². The van der Waals surface area contributed by atoms with Gasteiger partial charge in [-0.2, -0.15) is 0 Å². The van der Waals surface area contributed by atoms with Gasteiger partial charge in [-0.3, -0.25) is 9.80 Å². The van der Waals surface area contributed by atoms with Crippen molar-refractivity contribution in [2.75, 3.05) is 7.05 Å². The normalized spacial score (nSPS) is 10.6. The highest BCUT2D eigenvalue weighted by atomic mass is 16.2. The molecule has 0 fully saturated rings. The number of amides is 1. The lowest BCUT2D eigenvalue weighted by molar-refractivity contribution is 0.0794. The highest BCUT2D eigenvalue weighted by Gasteiger charge is 2.20. The Balaban J connectivity index is 2.02. The van der Waals surface area contributed by atoms with E-state index in [2.05, 4.69) is 9.97 Å². The van der Waals surface area contributed by atoms with Crippen molar-refractivity contribution in [1.29, 1.82) is 0 Å². The van der Waals surface area contributed by atoms with Crippen molar-refractivity contribution in [3.8, 4) is 0 Å². The Bertz CT molecular complexity index is 762. The Morgan fingerprint density at radius 1 is 0.917 bits per heavy atom. The van der Waals surface area contributed by atoms with E-state index in [1.54, 1.807) is 0 Å². The Morgan fingerprint density at radius 3 is 1.79 bits per heavy atom. The van der Waals surface area contributed by atoms with E-state index in [1.165, 1.54) is 19.4 Å². The number of aromatic nitrogens is 2. The summed E-state index contributed by atoms with van der Waals surface area (Å²) < 4.78 is 0. The largest absolute Gasteiger partial charge is 0.280 e. The van der Waals surface area contributed by atoms with Gasteiger partial charge in [0, 0.05) is 19.4 Å². The minimum Gasteiger partial charge on any atom is -0.280 e. The second kappa shape index (κ2) is 7.02. The molecule has 0 radical (unpaired) electrons. The van der Waals surface area contributed by atoms with Crippen LogP contribution in [0.25, 0.3) is 0 Å². The number of rotatable bonds is 4. The predicted octanol–water partition coefficient (Wildman–Crippen LogP) is 2.60. The zero-order valence-electron chi connectivity index (χ0n) is 13.3. The Morgan fingerprint density at radius 2 is 1.38 bits per heavy atom. The van der Waals surface area contributed by atoms with Crippen molar-refractivity contribution in [3.63, 3.8) is 0 Å². The zero-order valence-corrected chi connectivity index (χ0v) is 13.3. The molecule has 0 aliphatic rings. The van der Waals surface area contributed by atoms with Gasteiger partial charge in [0.2, 0.25) is 0 Å². The first-order valence-corrected chi connectivity index (χ1v) is 7.61. The molecule has 0 saturated heterocycles. The molecule has 2 aromatic carbocycles. The highest BCUT2D eigenvalue weighted by Crippen LogP contribution is 2.29. The monoisotopic (exact) mass is 318 g/mol. The van der Waals surface area contributed by atoms with Crippen LogP contribution in [0.5, 0.6) is 0 Å². The predicted molar refractivity (Wildman–Crippen MR) is 92.1 cm³/mol. The van der Waals surface area contributed by atoms with Gasteiger partial charge in [0.05, 0.1) is 11.5 Å². The molecular formula is C19H18N4O. The molecule has 2 N–H and O–H groups in total. The van der Waals surface area contributed by atoms with Gasteiger partial charge in [-0.15, -0.1) is 0 Å². The molecule has 5 heteroatoms. The number of nitrogens with two attached hydrogens (primary N) is 1. The van der Waals surface area contributed by atoms with E-state index in [1.807, 2.05) is 60.7 Å². The van der Waals surface area contributed by atoms with Gasteiger partial charge in [0.1, 0.15) is 5.82 Å². The number of hydrazine groups is 1. The van der Waals surface area contributed by atoms with Crippen molar-refractivity contribution >= 4 is 5.91 Å². The quantitative estimate of drug-likeness (QED) is 0.456. The van der Waals surface area contributed by atoms with Crippen molar-refractivity contribution in [1.82, 2.24) is 15.0 Å². The maximum Gasteiger partial charge on any atom is 0.270 e. The lowest BCUT2D eigenvalue weighted by Gasteiger charge is -2.17. The Hall–Kier alpha value is -3.05. The van der Waals surface area contributed by atoms with Gasteiger partial charge in [0.25, 0.3) is 5.91 Å². The summed E-state index contributed by atoms with van der Waals surface area (Å²) in [4.78, 5) is 20.7. The average Bonchev–Trinajstić information content (AvgIpc) is 2.64. The second-order valence-corrected chi connectivity index (χ2v) is 5.50. The van der Waals surface area contributed by atoms with Crippen LogP contribution >= 0.6 is 0 Å². The summed E-state index contributed by atoms with van der Waals surface area (Å²) in [6, 6.07) is 20.1. The molecule has 5 nitrogen and oxygen atoms in total. The average molecular weight is 318 g/mol. The molecule has 0 spiro atoms. The SMILES string of the molecule is CN(N)C(=O)c1cnc(C(c2ccccc2)c2ccccc2)nc1. The van der Waals surface area contributed by atoms with E-state index < -0.39 is 0 Å². The topological polar surface area (TPSA) is 72.1 Å². The standard InChI is InChI=1S/C19H18N4O/c1-23(20)19(24)16-12-21-18(22-13-16)17(14-8-4-2-5-9-14)15-10-6-3-7-11-15/h2-13,17H,20H2,1H3. The first-order valence-electron chi connectivity index (χ1n) is 7.61. The van der Waals surface area contributed by atoms with E-state index in [0.717, 1.165) is 16.1 Å². The fourth-order valence-corrected chi connectivity index (χ4v) is 2.58. The van der Waals surface area contributed by atoms with Gasteiger partial charge in [-0.05, 0) is 11.1 Å². The minimum absolute atomic E-state index is 0.0906. The molecule has 1 amide bonds. The summed E-state index contributed by atoms with van der Waals surface area (Å²) in [5.41, 5.74) is 2.56. The number of hydrogen-bond acceptors (Lipinski definition) is 4. The van der Waals surface area contributed by atoms with Gasteiger partial charge in [-0.25, -0.2) is 15.8 Å². The third-order valence-electron chi connectivity index (χ3n) is 3.76. The van der Waals surface area contributed by atoms with Gasteiger partial charge >= 0.3 is 0 Å². The molecule has 3 rings (SSSR count). The van der Waals surface area contributed by atoms with Crippen LogP contribution in [-0.2, 0) is 0 Å². The number of hydrogen-bond donors (Lipinski definition) is 1. The van der Waals surface area contributed by atoms with E-state index >= 15 is 0 Å². The summed E-state index contributed by atoms with van der Waals surface area (Å²) >= 11 is 0. The molecular weight excluding hydrogens is 300 g/mol. The smallest absolute Gasteiger partial charge is 0.270 e. The second-order valence-electron chi connectivity index (χ2n) is 5.50. The van der Waals surface area contributed by atoms with Crippen LogP contribution in [0.1, 0.15) is 33.2 Å². The molecule has 1 heterocycles. The number of benzene rings is 2. The molecule has 0 bridgehead atoms. The number of nitrogens with zero attached hydrogens (tertiary/aromatic N) is 3. The van der Waals surface area contributed by atoms with E-state index in [4.69, 9.17) is 5.84 Å². The van der Waals surface area contributed by atoms with Crippen molar-refractivity contribution in [2.24, 2.45) is 5.84 Å². The van der Waals surface area contributed by atoms with E-state index in [0.29, 0.717) is 11.4 Å².